The molecule has 6 rings (SSSR count). The van der Waals surface area contributed by atoms with Gasteiger partial charge in [-0.2, -0.15) is 10.4 Å². The minimum atomic E-state index is -0.994. The summed E-state index contributed by atoms with van der Waals surface area (Å²) in [7, 11) is 0. The Kier molecular flexibility index (Phi) is 6.59. The molecule has 202 valence electrons. The minimum absolute atomic E-state index is 0.150. The molecule has 2 fully saturated rings. The number of rotatable bonds is 7. The van der Waals surface area contributed by atoms with Crippen LogP contribution in [0.25, 0.3) is 22.3 Å². The summed E-state index contributed by atoms with van der Waals surface area (Å²) < 4.78 is 34.2. The molecule has 3 heterocycles. The fraction of sp³-hybridized carbons (Fsp3) is 0.276. The minimum Gasteiger partial charge on any atom is -0.457 e. The maximum atomic E-state index is 13.6. The smallest absolute Gasteiger partial charge is 0.264 e. The molecule has 1 amide bonds. The molecule has 2 aliphatic rings. The first-order chi connectivity index (χ1) is 19.4. The highest BCUT2D eigenvalue weighted by Crippen LogP contribution is 2.34. The Hall–Kier alpha value is -4.85. The Morgan fingerprint density at radius 1 is 1.10 bits per heavy atom. The summed E-state index contributed by atoms with van der Waals surface area (Å²) in [6, 6.07) is 12.2. The second-order valence-corrected chi connectivity index (χ2v) is 10.0. The number of hydrogen-bond acceptors (Lipinski definition) is 7. The van der Waals surface area contributed by atoms with Crippen molar-refractivity contribution in [1.29, 1.82) is 5.26 Å². The number of amides is 1. The van der Waals surface area contributed by atoms with Crippen molar-refractivity contribution in [3.8, 4) is 28.8 Å². The first kappa shape index (κ1) is 25.4. The van der Waals surface area contributed by atoms with Crippen LogP contribution in [0.1, 0.15) is 25.7 Å². The molecule has 0 spiro atoms. The first-order valence-electron chi connectivity index (χ1n) is 13.0. The number of benzene rings is 2. The molecule has 1 saturated carbocycles. The molecular formula is C29H25F2N7O2. The van der Waals surface area contributed by atoms with Crippen LogP contribution in [0.15, 0.2) is 60.4 Å². The second-order valence-electron chi connectivity index (χ2n) is 10.0. The monoisotopic (exact) mass is 541 g/mol. The SMILES string of the molecule is N#C/C(=C/C1CC1)C(=O)N1CCC[C@@H]1Cn1nc(-c2ccc(Oc3ccc(F)c(F)c3)cc2)c2c(N)ncnc21. The van der Waals surface area contributed by atoms with Crippen LogP contribution in [0.2, 0.25) is 0 Å². The van der Waals surface area contributed by atoms with Crippen LogP contribution in [0.4, 0.5) is 14.6 Å². The van der Waals surface area contributed by atoms with Crippen molar-refractivity contribution in [2.75, 3.05) is 12.3 Å². The number of allylic oxidation sites excluding steroid dienone is 1. The maximum Gasteiger partial charge on any atom is 0.264 e. The highest BCUT2D eigenvalue weighted by molar-refractivity contribution is 5.99. The van der Waals surface area contributed by atoms with Crippen molar-refractivity contribution >= 4 is 22.8 Å². The van der Waals surface area contributed by atoms with E-state index in [9.17, 15) is 18.8 Å². The number of likely N-dealkylation sites (tertiary alicyclic amines) is 1. The number of nitriles is 1. The summed E-state index contributed by atoms with van der Waals surface area (Å²) in [6.07, 6.45) is 6.82. The molecule has 11 heteroatoms. The third kappa shape index (κ3) is 4.96. The summed E-state index contributed by atoms with van der Waals surface area (Å²) in [5, 5.41) is 15.0. The van der Waals surface area contributed by atoms with Crippen molar-refractivity contribution in [3.63, 3.8) is 0 Å². The molecule has 1 aliphatic heterocycles. The fourth-order valence-corrected chi connectivity index (χ4v) is 5.02. The largest absolute Gasteiger partial charge is 0.457 e. The van der Waals surface area contributed by atoms with Gasteiger partial charge < -0.3 is 15.4 Å². The zero-order chi connectivity index (χ0) is 27.8. The number of nitrogens with two attached hydrogens (primary N) is 1. The molecular weight excluding hydrogens is 516 g/mol. The zero-order valence-corrected chi connectivity index (χ0v) is 21.4. The quantitative estimate of drug-likeness (QED) is 0.258. The predicted molar refractivity (Wildman–Crippen MR) is 143 cm³/mol. The predicted octanol–water partition coefficient (Wildman–Crippen LogP) is 5.00. The van der Waals surface area contributed by atoms with E-state index < -0.39 is 11.6 Å². The fourth-order valence-electron chi connectivity index (χ4n) is 5.02. The Bertz CT molecular complexity index is 1670. The average Bonchev–Trinajstić information content (AvgIpc) is 3.53. The van der Waals surface area contributed by atoms with Crippen LogP contribution < -0.4 is 10.5 Å². The highest BCUT2D eigenvalue weighted by Gasteiger charge is 2.33. The van der Waals surface area contributed by atoms with Gasteiger partial charge in [0.1, 0.15) is 41.0 Å². The lowest BCUT2D eigenvalue weighted by Crippen LogP contribution is -2.39. The van der Waals surface area contributed by atoms with Crippen LogP contribution in [-0.4, -0.2) is 43.1 Å². The van der Waals surface area contributed by atoms with E-state index in [1.54, 1.807) is 39.9 Å². The van der Waals surface area contributed by atoms with Gasteiger partial charge in [0.25, 0.3) is 5.91 Å². The second kappa shape index (κ2) is 10.4. The normalized spacial score (nSPS) is 17.3. The van der Waals surface area contributed by atoms with Crippen LogP contribution in [0, 0.1) is 28.9 Å². The van der Waals surface area contributed by atoms with Crippen LogP contribution in [0.5, 0.6) is 11.5 Å². The highest BCUT2D eigenvalue weighted by atomic mass is 19.2. The standard InChI is InChI=1S/C29H25F2N7O2/c30-23-10-9-22(13-24(23)31)40-21-7-5-18(6-8-21)26-25-27(33)34-16-35-28(25)38(36-26)15-20-2-1-11-37(20)29(39)19(14-32)12-17-3-4-17/h5-10,12-13,16-17,20H,1-4,11,15H2,(H2,33,34,35)/b19-12-/t20-/m1/s1. The average molecular weight is 542 g/mol. The van der Waals surface area contributed by atoms with Gasteiger partial charge in [0.05, 0.1) is 18.0 Å². The van der Waals surface area contributed by atoms with Crippen molar-refractivity contribution in [2.45, 2.75) is 38.3 Å². The molecule has 4 aromatic rings. The summed E-state index contributed by atoms with van der Waals surface area (Å²) >= 11 is 0. The Balaban J connectivity index is 1.27. The molecule has 0 unspecified atom stereocenters. The third-order valence-corrected chi connectivity index (χ3v) is 7.21. The lowest BCUT2D eigenvalue weighted by Gasteiger charge is -2.24. The van der Waals surface area contributed by atoms with Gasteiger partial charge in [-0.05, 0) is 68.0 Å². The van der Waals surface area contributed by atoms with Crippen molar-refractivity contribution < 1.29 is 18.3 Å². The molecule has 0 bridgehead atoms. The number of anilines is 1. The Morgan fingerprint density at radius 3 is 2.60 bits per heavy atom. The zero-order valence-electron chi connectivity index (χ0n) is 21.4. The van der Waals surface area contributed by atoms with E-state index in [1.807, 2.05) is 0 Å². The van der Waals surface area contributed by atoms with Gasteiger partial charge in [-0.15, -0.1) is 0 Å². The van der Waals surface area contributed by atoms with Crippen LogP contribution >= 0.6 is 0 Å². The number of carbonyl (C=O) groups excluding carboxylic acids is 1. The maximum absolute atomic E-state index is 13.6. The number of aromatic nitrogens is 4. The van der Waals surface area contributed by atoms with Gasteiger partial charge in [0.15, 0.2) is 17.3 Å². The molecule has 40 heavy (non-hydrogen) atoms. The summed E-state index contributed by atoms with van der Waals surface area (Å²) in [5.41, 5.74) is 8.29. The van der Waals surface area contributed by atoms with E-state index in [0.717, 1.165) is 43.4 Å². The number of fused-ring (bicyclic) bond motifs is 1. The number of hydrogen-bond donors (Lipinski definition) is 1. The van der Waals surface area contributed by atoms with Gasteiger partial charge in [-0.25, -0.2) is 23.4 Å². The van der Waals surface area contributed by atoms with Gasteiger partial charge in [0, 0.05) is 18.2 Å². The van der Waals surface area contributed by atoms with Gasteiger partial charge in [0.2, 0.25) is 0 Å². The third-order valence-electron chi connectivity index (χ3n) is 7.21. The number of carbonyl (C=O) groups is 1. The number of halogens is 2. The van der Waals surface area contributed by atoms with Gasteiger partial charge >= 0.3 is 0 Å². The molecule has 1 atom stereocenters. The summed E-state index contributed by atoms with van der Waals surface area (Å²) in [6.45, 7) is 0.966. The lowest BCUT2D eigenvalue weighted by molar-refractivity contribution is -0.127. The van der Waals surface area contributed by atoms with Gasteiger partial charge in [-0.3, -0.25) is 4.79 Å². The molecule has 1 aliphatic carbocycles. The van der Waals surface area contributed by atoms with Gasteiger partial charge in [-0.1, -0.05) is 6.08 Å². The van der Waals surface area contributed by atoms with E-state index in [1.165, 1.54) is 12.4 Å². The first-order valence-corrected chi connectivity index (χ1v) is 13.0. The van der Waals surface area contributed by atoms with E-state index in [-0.39, 0.29) is 29.1 Å². The number of nitrogen functional groups attached to an aromatic ring is 1. The molecule has 1 saturated heterocycles. The Morgan fingerprint density at radius 2 is 1.88 bits per heavy atom. The van der Waals surface area contributed by atoms with E-state index in [4.69, 9.17) is 15.6 Å². The topological polar surface area (TPSA) is 123 Å². The van der Waals surface area contributed by atoms with Crippen LogP contribution in [0.3, 0.4) is 0 Å². The Labute approximate surface area is 228 Å². The van der Waals surface area contributed by atoms with Crippen LogP contribution in [-0.2, 0) is 11.3 Å². The lowest BCUT2D eigenvalue weighted by atomic mass is 10.1. The van der Waals surface area contributed by atoms with Crippen molar-refractivity contribution in [2.24, 2.45) is 5.92 Å². The molecule has 2 aromatic carbocycles. The number of nitrogens with zero attached hydrogens (tertiary/aromatic N) is 6. The molecule has 2 N–H and O–H groups in total. The van der Waals surface area contributed by atoms with E-state index >= 15 is 0 Å². The summed E-state index contributed by atoms with van der Waals surface area (Å²) in [5.74, 6) is -0.990. The van der Waals surface area contributed by atoms with Crippen molar-refractivity contribution in [1.82, 2.24) is 24.6 Å². The molecule has 9 nitrogen and oxygen atoms in total. The molecule has 2 aromatic heterocycles. The van der Waals surface area contributed by atoms with Crippen molar-refractivity contribution in [3.05, 3.63) is 72.1 Å². The number of ether oxygens (including phenoxy) is 1. The molecule has 0 radical (unpaired) electrons. The van der Waals surface area contributed by atoms with E-state index in [0.29, 0.717) is 41.5 Å². The summed E-state index contributed by atoms with van der Waals surface area (Å²) in [4.78, 5) is 23.5. The van der Waals surface area contributed by atoms with E-state index in [2.05, 4.69) is 16.0 Å².